The van der Waals surface area contributed by atoms with Crippen LogP contribution in [0.4, 0.5) is 5.69 Å². The molecule has 0 atom stereocenters. The number of hydrogen-bond acceptors (Lipinski definition) is 3. The lowest BCUT2D eigenvalue weighted by Gasteiger charge is -2.42. The van der Waals surface area contributed by atoms with E-state index in [9.17, 15) is 0 Å². The van der Waals surface area contributed by atoms with E-state index in [-0.39, 0.29) is 0 Å². The molecule has 3 rings (SSSR count). The normalized spacial score (nSPS) is 20.1. The number of rotatable bonds is 2. The van der Waals surface area contributed by atoms with Crippen LogP contribution >= 0.6 is 0 Å². The summed E-state index contributed by atoms with van der Waals surface area (Å²) in [6.45, 7) is 15.3. The summed E-state index contributed by atoms with van der Waals surface area (Å²) in [5.74, 6) is 0. The van der Waals surface area contributed by atoms with E-state index in [0.717, 1.165) is 6.04 Å². The van der Waals surface area contributed by atoms with Crippen molar-refractivity contribution in [3.8, 4) is 0 Å². The monoisotopic (exact) mass is 319 g/mol. The summed E-state index contributed by atoms with van der Waals surface area (Å²) >= 11 is 0. The zero-order valence-corrected chi connectivity index (χ0v) is 16.0. The minimum Gasteiger partial charge on any atom is -0.369 e. The van der Waals surface area contributed by atoms with Crippen LogP contribution in [-0.4, -0.2) is 62.2 Å². The molecule has 2 heterocycles. The summed E-state index contributed by atoms with van der Waals surface area (Å²) in [6, 6.07) is 11.7. The lowest BCUT2D eigenvalue weighted by Crippen LogP contribution is -2.52. The van der Waals surface area contributed by atoms with Crippen LogP contribution in [-0.2, 0) is 0 Å². The highest BCUT2D eigenvalue weighted by molar-refractivity contribution is 5.46. The zero-order chi connectivity index (χ0) is 17.1. The predicted molar refractivity (Wildman–Crippen MR) is 103 cm³/mol. The first-order valence-corrected chi connectivity index (χ1v) is 9.55. The average Bonchev–Trinajstić information content (AvgIpc) is 2.67. The van der Waals surface area contributed by atoms with Crippen molar-refractivity contribution >= 4 is 5.69 Å². The summed E-state index contributed by atoms with van der Waals surface area (Å²) in [5.41, 5.74) is 1.38. The Balaban J connectivity index is 0.000000615. The van der Waals surface area contributed by atoms with E-state index in [4.69, 9.17) is 0 Å². The van der Waals surface area contributed by atoms with Crippen molar-refractivity contribution in [1.29, 1.82) is 0 Å². The molecule has 0 unspecified atom stereocenters. The quantitative estimate of drug-likeness (QED) is 0.817. The molecule has 0 aliphatic carbocycles. The second-order valence-corrected chi connectivity index (χ2v) is 5.89. The number of anilines is 1. The molecule has 0 aromatic heterocycles. The molecule has 2 aliphatic heterocycles. The molecule has 2 aliphatic rings. The highest BCUT2D eigenvalue weighted by atomic mass is 15.3. The van der Waals surface area contributed by atoms with E-state index in [2.05, 4.69) is 52.1 Å². The van der Waals surface area contributed by atoms with Gasteiger partial charge in [-0.3, -0.25) is 4.90 Å². The maximum atomic E-state index is 2.71. The van der Waals surface area contributed by atoms with Gasteiger partial charge < -0.3 is 9.80 Å². The molecule has 3 heteroatoms. The molecular weight excluding hydrogens is 282 g/mol. The molecular formula is C20H37N3. The largest absolute Gasteiger partial charge is 0.369 e. The number of piperazine rings is 1. The van der Waals surface area contributed by atoms with Crippen molar-refractivity contribution in [2.45, 2.75) is 46.6 Å². The first-order chi connectivity index (χ1) is 11.3. The molecule has 2 saturated heterocycles. The van der Waals surface area contributed by atoms with E-state index in [1.807, 2.05) is 27.7 Å². The van der Waals surface area contributed by atoms with Crippen LogP contribution in [0.25, 0.3) is 0 Å². The van der Waals surface area contributed by atoms with Gasteiger partial charge in [0.1, 0.15) is 0 Å². The van der Waals surface area contributed by atoms with Gasteiger partial charge in [0.15, 0.2) is 0 Å². The van der Waals surface area contributed by atoms with Crippen LogP contribution < -0.4 is 4.90 Å². The number of hydrogen-bond donors (Lipinski definition) is 0. The minimum absolute atomic E-state index is 0.828. The molecule has 0 N–H and O–H groups in total. The Hall–Kier alpha value is -1.06. The third-order valence-corrected chi connectivity index (χ3v) is 4.64. The second-order valence-electron chi connectivity index (χ2n) is 5.89. The van der Waals surface area contributed by atoms with Gasteiger partial charge in [-0.2, -0.15) is 0 Å². The van der Waals surface area contributed by atoms with Gasteiger partial charge in [0.2, 0.25) is 0 Å². The first kappa shape index (κ1) is 20.0. The first-order valence-electron chi connectivity index (χ1n) is 9.55. The van der Waals surface area contributed by atoms with Gasteiger partial charge in [-0.15, -0.1) is 0 Å². The fourth-order valence-corrected chi connectivity index (χ4v) is 3.34. The van der Waals surface area contributed by atoms with Crippen molar-refractivity contribution in [3.63, 3.8) is 0 Å². The van der Waals surface area contributed by atoms with Crippen molar-refractivity contribution in [2.24, 2.45) is 0 Å². The molecule has 3 nitrogen and oxygen atoms in total. The Morgan fingerprint density at radius 1 is 0.739 bits per heavy atom. The standard InChI is InChI=1S/C16H25N3.2C2H6/c1-17-9-7-16(8-10-17)19-13-11-18(12-14-19)15-5-3-2-4-6-15;2*1-2/h2-6,16H,7-14H2,1H3;2*1-2H3. The Labute approximate surface area is 144 Å². The number of benzene rings is 1. The number of piperidine rings is 1. The van der Waals surface area contributed by atoms with Gasteiger partial charge in [0.25, 0.3) is 0 Å². The summed E-state index contributed by atoms with van der Waals surface area (Å²) in [6.07, 6.45) is 2.70. The van der Waals surface area contributed by atoms with Crippen LogP contribution in [0.1, 0.15) is 40.5 Å². The Bertz CT molecular complexity index is 377. The zero-order valence-electron chi connectivity index (χ0n) is 16.0. The lowest BCUT2D eigenvalue weighted by molar-refractivity contribution is 0.115. The third-order valence-electron chi connectivity index (χ3n) is 4.64. The van der Waals surface area contributed by atoms with Crippen LogP contribution in [0.3, 0.4) is 0 Å². The van der Waals surface area contributed by atoms with Crippen molar-refractivity contribution in [3.05, 3.63) is 30.3 Å². The Morgan fingerprint density at radius 3 is 1.78 bits per heavy atom. The van der Waals surface area contributed by atoms with E-state index in [1.165, 1.54) is 57.8 Å². The molecule has 0 amide bonds. The fraction of sp³-hybridized carbons (Fsp3) is 0.700. The number of likely N-dealkylation sites (tertiary alicyclic amines) is 1. The van der Waals surface area contributed by atoms with Crippen molar-refractivity contribution in [1.82, 2.24) is 9.80 Å². The van der Waals surface area contributed by atoms with Crippen LogP contribution in [0.15, 0.2) is 30.3 Å². The maximum absolute atomic E-state index is 2.71. The summed E-state index contributed by atoms with van der Waals surface area (Å²) in [7, 11) is 2.24. The van der Waals surface area contributed by atoms with Gasteiger partial charge in [0, 0.05) is 37.9 Å². The summed E-state index contributed by atoms with van der Waals surface area (Å²) < 4.78 is 0. The summed E-state index contributed by atoms with van der Waals surface area (Å²) in [4.78, 5) is 7.69. The van der Waals surface area contributed by atoms with Crippen molar-refractivity contribution < 1.29 is 0 Å². The fourth-order valence-electron chi connectivity index (χ4n) is 3.34. The topological polar surface area (TPSA) is 9.72 Å². The third kappa shape index (κ3) is 6.15. The predicted octanol–water partition coefficient (Wildman–Crippen LogP) is 3.96. The minimum atomic E-state index is 0.828. The van der Waals surface area contributed by atoms with Gasteiger partial charge in [-0.1, -0.05) is 45.9 Å². The molecule has 1 aromatic rings. The molecule has 0 bridgehead atoms. The Morgan fingerprint density at radius 2 is 1.26 bits per heavy atom. The van der Waals surface area contributed by atoms with Gasteiger partial charge in [-0.25, -0.2) is 0 Å². The van der Waals surface area contributed by atoms with Gasteiger partial charge >= 0.3 is 0 Å². The SMILES string of the molecule is CC.CC.CN1CCC(N2CCN(c3ccccc3)CC2)CC1. The molecule has 0 spiro atoms. The van der Waals surface area contributed by atoms with Crippen LogP contribution in [0.5, 0.6) is 0 Å². The lowest BCUT2D eigenvalue weighted by atomic mass is 10.0. The van der Waals surface area contributed by atoms with Crippen molar-refractivity contribution in [2.75, 3.05) is 51.2 Å². The van der Waals surface area contributed by atoms with E-state index >= 15 is 0 Å². The van der Waals surface area contributed by atoms with E-state index in [1.54, 1.807) is 0 Å². The Kier molecular flexibility index (Phi) is 9.97. The van der Waals surface area contributed by atoms with Crippen LogP contribution in [0, 0.1) is 0 Å². The molecule has 0 saturated carbocycles. The van der Waals surface area contributed by atoms with E-state index < -0.39 is 0 Å². The highest BCUT2D eigenvalue weighted by Crippen LogP contribution is 2.20. The number of nitrogens with zero attached hydrogens (tertiary/aromatic N) is 3. The molecule has 0 radical (unpaired) electrons. The average molecular weight is 320 g/mol. The van der Waals surface area contributed by atoms with Gasteiger partial charge in [-0.05, 0) is 45.1 Å². The number of para-hydroxylation sites is 1. The molecule has 2 fully saturated rings. The highest BCUT2D eigenvalue weighted by Gasteiger charge is 2.26. The maximum Gasteiger partial charge on any atom is 0.0367 e. The molecule has 1 aromatic carbocycles. The smallest absolute Gasteiger partial charge is 0.0367 e. The molecule has 132 valence electrons. The second kappa shape index (κ2) is 11.5. The van der Waals surface area contributed by atoms with Gasteiger partial charge in [0.05, 0.1) is 0 Å². The van der Waals surface area contributed by atoms with Crippen LogP contribution in [0.2, 0.25) is 0 Å². The molecule has 23 heavy (non-hydrogen) atoms. The van der Waals surface area contributed by atoms with E-state index in [0.29, 0.717) is 0 Å². The summed E-state index contributed by atoms with van der Waals surface area (Å²) in [5, 5.41) is 0.